The lowest BCUT2D eigenvalue weighted by molar-refractivity contribution is 0.592. The summed E-state index contributed by atoms with van der Waals surface area (Å²) >= 11 is 0. The van der Waals surface area contributed by atoms with Gasteiger partial charge >= 0.3 is 0 Å². The van der Waals surface area contributed by atoms with Gasteiger partial charge in [-0.2, -0.15) is 0 Å². The number of hydrogen-bond acceptors (Lipinski definition) is 1. The van der Waals surface area contributed by atoms with E-state index < -0.39 is 7.14 Å². The Hall–Kier alpha value is -4.65. The highest BCUT2D eigenvalue weighted by Crippen LogP contribution is 2.43. The van der Waals surface area contributed by atoms with Gasteiger partial charge in [0.25, 0.3) is 0 Å². The smallest absolute Gasteiger partial charge is 0.171 e. The lowest BCUT2D eigenvalue weighted by atomic mass is 10.0. The maximum atomic E-state index is 14.9. The quantitative estimate of drug-likeness (QED) is 0.211. The second-order valence-electron chi connectivity index (χ2n) is 9.75. The number of nitrogens with zero attached hydrogens (tertiary/aromatic N) is 1. The van der Waals surface area contributed by atoms with Gasteiger partial charge in [0.1, 0.15) is 0 Å². The predicted molar refractivity (Wildman–Crippen MR) is 166 cm³/mol. The zero-order valence-electron chi connectivity index (χ0n) is 21.3. The molecule has 0 fully saturated rings. The van der Waals surface area contributed by atoms with Gasteiger partial charge in [-0.25, -0.2) is 0 Å². The van der Waals surface area contributed by atoms with Gasteiger partial charge in [0, 0.05) is 32.4 Å². The molecule has 39 heavy (non-hydrogen) atoms. The molecular formula is C36H26NOP. The van der Waals surface area contributed by atoms with Crippen molar-refractivity contribution in [3.63, 3.8) is 0 Å². The third-order valence-corrected chi connectivity index (χ3v) is 10.5. The van der Waals surface area contributed by atoms with E-state index in [1.807, 2.05) is 78.9 Å². The molecule has 0 saturated carbocycles. The van der Waals surface area contributed by atoms with Crippen LogP contribution in [0.5, 0.6) is 0 Å². The van der Waals surface area contributed by atoms with Crippen LogP contribution in [0.2, 0.25) is 0 Å². The topological polar surface area (TPSA) is 22.0 Å². The molecule has 7 aromatic rings. The molecule has 0 radical (unpaired) electrons. The molecule has 1 heterocycles. The maximum absolute atomic E-state index is 14.9. The highest BCUT2D eigenvalue weighted by molar-refractivity contribution is 7.85. The van der Waals surface area contributed by atoms with Crippen molar-refractivity contribution in [2.45, 2.75) is 0 Å². The van der Waals surface area contributed by atoms with Gasteiger partial charge < -0.3 is 9.13 Å². The molecule has 7 rings (SSSR count). The van der Waals surface area contributed by atoms with Gasteiger partial charge in [0.2, 0.25) is 0 Å². The first-order valence-corrected chi connectivity index (χ1v) is 14.8. The van der Waals surface area contributed by atoms with Crippen LogP contribution in [0.15, 0.2) is 158 Å². The largest absolute Gasteiger partial charge is 0.309 e. The van der Waals surface area contributed by atoms with Gasteiger partial charge in [-0.05, 0) is 47.5 Å². The molecule has 0 amide bonds. The van der Waals surface area contributed by atoms with Gasteiger partial charge in [-0.3, -0.25) is 0 Å². The minimum atomic E-state index is -3.05. The Bertz CT molecular complexity index is 1930. The number of aromatic nitrogens is 1. The van der Waals surface area contributed by atoms with Crippen molar-refractivity contribution in [1.82, 2.24) is 4.57 Å². The van der Waals surface area contributed by atoms with E-state index in [0.29, 0.717) is 0 Å². The molecular weight excluding hydrogens is 493 g/mol. The van der Waals surface area contributed by atoms with Crippen molar-refractivity contribution in [3.8, 4) is 16.8 Å². The molecule has 0 atom stereocenters. The molecule has 0 unspecified atom stereocenters. The summed E-state index contributed by atoms with van der Waals surface area (Å²) in [5.41, 5.74) is 5.65. The Balaban J connectivity index is 1.42. The van der Waals surface area contributed by atoms with Gasteiger partial charge in [0.15, 0.2) is 7.14 Å². The summed E-state index contributed by atoms with van der Waals surface area (Å²) in [6, 6.07) is 53.7. The molecule has 0 aliphatic heterocycles. The zero-order valence-corrected chi connectivity index (χ0v) is 22.2. The molecule has 0 aliphatic rings. The van der Waals surface area contributed by atoms with E-state index in [0.717, 1.165) is 32.7 Å². The summed E-state index contributed by atoms with van der Waals surface area (Å²) in [6.07, 6.45) is 0. The fourth-order valence-electron chi connectivity index (χ4n) is 5.61. The number of fused-ring (bicyclic) bond motifs is 3. The minimum absolute atomic E-state index is 0.837. The number of para-hydroxylation sites is 2. The molecule has 0 bridgehead atoms. The number of benzene rings is 6. The third kappa shape index (κ3) is 3.93. The molecule has 2 nitrogen and oxygen atoms in total. The van der Waals surface area contributed by atoms with Crippen LogP contribution in [0.3, 0.4) is 0 Å². The van der Waals surface area contributed by atoms with Crippen molar-refractivity contribution in [2.75, 3.05) is 0 Å². The first kappa shape index (κ1) is 23.5. The summed E-state index contributed by atoms with van der Waals surface area (Å²) < 4.78 is 17.3. The second kappa shape index (κ2) is 9.58. The number of rotatable bonds is 5. The molecule has 0 spiro atoms. The molecule has 6 aromatic carbocycles. The van der Waals surface area contributed by atoms with Crippen LogP contribution < -0.4 is 15.9 Å². The summed E-state index contributed by atoms with van der Waals surface area (Å²) in [7, 11) is -3.05. The highest BCUT2D eigenvalue weighted by Gasteiger charge is 2.29. The normalized spacial score (nSPS) is 11.7. The molecule has 186 valence electrons. The standard InChI is InChI=1S/C36H26NOP/c38-39(30-16-6-2-7-17-30,31-18-8-3-9-19-31)32-20-12-13-27(25-32)28-23-24-36-34(26-28)33-21-10-11-22-35(33)37(36)29-14-4-1-5-15-29/h1-26H. The molecule has 1 aromatic heterocycles. The highest BCUT2D eigenvalue weighted by atomic mass is 31.2. The molecule has 3 heteroatoms. The van der Waals surface area contributed by atoms with Crippen LogP contribution in [0.4, 0.5) is 0 Å². The SMILES string of the molecule is O=P(c1ccccc1)(c1ccccc1)c1cccc(-c2ccc3c(c2)c2ccccc2n3-c2ccccc2)c1. The van der Waals surface area contributed by atoms with E-state index in [1.54, 1.807) is 0 Å². The fraction of sp³-hybridized carbons (Fsp3) is 0. The minimum Gasteiger partial charge on any atom is -0.309 e. The third-order valence-electron chi connectivity index (χ3n) is 7.47. The van der Waals surface area contributed by atoms with E-state index >= 15 is 0 Å². The summed E-state index contributed by atoms with van der Waals surface area (Å²) in [6.45, 7) is 0. The van der Waals surface area contributed by atoms with Crippen LogP contribution in [0.1, 0.15) is 0 Å². The van der Waals surface area contributed by atoms with E-state index in [9.17, 15) is 4.57 Å². The zero-order chi connectivity index (χ0) is 26.2. The lowest BCUT2D eigenvalue weighted by Crippen LogP contribution is -2.25. The Labute approximate surface area is 228 Å². The van der Waals surface area contributed by atoms with Crippen LogP contribution in [0, 0.1) is 0 Å². The number of hydrogen-bond donors (Lipinski definition) is 0. The van der Waals surface area contributed by atoms with Crippen molar-refractivity contribution >= 4 is 44.9 Å². The Morgan fingerprint density at radius 1 is 0.410 bits per heavy atom. The summed E-state index contributed by atoms with van der Waals surface area (Å²) in [4.78, 5) is 0. The molecule has 0 saturated heterocycles. The lowest BCUT2D eigenvalue weighted by Gasteiger charge is -2.20. The summed E-state index contributed by atoms with van der Waals surface area (Å²) in [5.74, 6) is 0. The van der Waals surface area contributed by atoms with Crippen molar-refractivity contribution in [3.05, 3.63) is 158 Å². The maximum Gasteiger partial charge on any atom is 0.171 e. The van der Waals surface area contributed by atoms with E-state index in [4.69, 9.17) is 0 Å². The molecule has 0 N–H and O–H groups in total. The first-order valence-electron chi connectivity index (χ1n) is 13.1. The average Bonchev–Trinajstić information content (AvgIpc) is 3.36. The second-order valence-corrected chi connectivity index (χ2v) is 12.5. The summed E-state index contributed by atoms with van der Waals surface area (Å²) in [5, 5.41) is 4.94. The van der Waals surface area contributed by atoms with Crippen molar-refractivity contribution < 1.29 is 4.57 Å². The average molecular weight is 520 g/mol. The van der Waals surface area contributed by atoms with Crippen molar-refractivity contribution in [2.24, 2.45) is 0 Å². The Morgan fingerprint density at radius 3 is 1.64 bits per heavy atom. The van der Waals surface area contributed by atoms with Crippen LogP contribution in [0.25, 0.3) is 38.6 Å². The monoisotopic (exact) mass is 519 g/mol. The van der Waals surface area contributed by atoms with Crippen molar-refractivity contribution in [1.29, 1.82) is 0 Å². The van der Waals surface area contributed by atoms with E-state index in [-0.39, 0.29) is 0 Å². The van der Waals surface area contributed by atoms with Crippen LogP contribution >= 0.6 is 7.14 Å². The molecule has 0 aliphatic carbocycles. The Morgan fingerprint density at radius 2 is 0.949 bits per heavy atom. The fourth-order valence-corrected chi connectivity index (χ4v) is 8.31. The van der Waals surface area contributed by atoms with Gasteiger partial charge in [-0.1, -0.05) is 121 Å². The first-order chi connectivity index (χ1) is 19.2. The van der Waals surface area contributed by atoms with E-state index in [1.165, 1.54) is 21.8 Å². The van der Waals surface area contributed by atoms with Crippen LogP contribution in [-0.2, 0) is 4.57 Å². The van der Waals surface area contributed by atoms with Gasteiger partial charge in [0.05, 0.1) is 11.0 Å². The van der Waals surface area contributed by atoms with Crippen LogP contribution in [-0.4, -0.2) is 4.57 Å². The van der Waals surface area contributed by atoms with Gasteiger partial charge in [-0.15, -0.1) is 0 Å². The van der Waals surface area contributed by atoms with E-state index in [2.05, 4.69) is 83.4 Å². The predicted octanol–water partition coefficient (Wildman–Crippen LogP) is 8.09. The Kier molecular flexibility index (Phi) is 5.77.